The number of Topliss-reactive ketones (excluding diaryl/α,β-unsaturated/α-hetero) is 1. The molecule has 0 saturated heterocycles. The lowest BCUT2D eigenvalue weighted by atomic mass is 9.41. The molecule has 5 rings (SSSR count). The molecule has 0 unspecified atom stereocenters. The molecular formula is C30H48O5. The molecule has 0 aromatic rings. The molecular weight excluding hydrogens is 440 g/mol. The van der Waals surface area contributed by atoms with Gasteiger partial charge in [0.15, 0.2) is 0 Å². The third-order valence-corrected chi connectivity index (χ3v) is 13.2. The van der Waals surface area contributed by atoms with Crippen LogP contribution in [0.2, 0.25) is 0 Å². The first-order valence-electron chi connectivity index (χ1n) is 14.3. The molecule has 5 fully saturated rings. The maximum Gasteiger partial charge on any atom is 0.312 e. The van der Waals surface area contributed by atoms with Crippen molar-refractivity contribution < 1.29 is 24.9 Å². The van der Waals surface area contributed by atoms with Gasteiger partial charge < -0.3 is 15.3 Å². The van der Waals surface area contributed by atoms with Crippen molar-refractivity contribution in [2.45, 2.75) is 118 Å². The molecule has 2 spiro atoms. The van der Waals surface area contributed by atoms with Crippen molar-refractivity contribution in [3.8, 4) is 0 Å². The Morgan fingerprint density at radius 1 is 0.857 bits per heavy atom. The molecule has 3 N–H and O–H groups in total. The van der Waals surface area contributed by atoms with Gasteiger partial charge in [-0.2, -0.15) is 0 Å². The van der Waals surface area contributed by atoms with Gasteiger partial charge in [-0.15, -0.1) is 0 Å². The van der Waals surface area contributed by atoms with E-state index in [0.29, 0.717) is 42.3 Å². The quantitative estimate of drug-likeness (QED) is 0.461. The van der Waals surface area contributed by atoms with Gasteiger partial charge in [0, 0.05) is 24.7 Å². The zero-order chi connectivity index (χ0) is 25.8. The first-order valence-corrected chi connectivity index (χ1v) is 14.3. The summed E-state index contributed by atoms with van der Waals surface area (Å²) in [6, 6.07) is 0. The maximum atomic E-state index is 12.7. The molecule has 0 aliphatic heterocycles. The maximum absolute atomic E-state index is 12.7. The predicted octanol–water partition coefficient (Wildman–Crippen LogP) is 5.46. The van der Waals surface area contributed by atoms with E-state index < -0.39 is 23.6 Å². The molecule has 5 saturated carbocycles. The number of carboxylic acids is 1. The summed E-state index contributed by atoms with van der Waals surface area (Å²) in [7, 11) is 0. The summed E-state index contributed by atoms with van der Waals surface area (Å²) in [5.41, 5.74) is -1.21. The fourth-order valence-electron chi connectivity index (χ4n) is 11.4. The van der Waals surface area contributed by atoms with E-state index >= 15 is 0 Å². The lowest BCUT2D eigenvalue weighted by Crippen LogP contribution is -2.63. The first-order chi connectivity index (χ1) is 16.2. The van der Waals surface area contributed by atoms with E-state index in [1.165, 1.54) is 12.8 Å². The van der Waals surface area contributed by atoms with Crippen molar-refractivity contribution in [2.75, 3.05) is 0 Å². The average molecular weight is 489 g/mol. The van der Waals surface area contributed by atoms with E-state index in [0.717, 1.165) is 32.1 Å². The minimum absolute atomic E-state index is 0.00599. The van der Waals surface area contributed by atoms with Gasteiger partial charge in [-0.1, -0.05) is 34.6 Å². The molecule has 0 heterocycles. The van der Waals surface area contributed by atoms with Gasteiger partial charge in [-0.3, -0.25) is 9.59 Å². The molecule has 0 aromatic carbocycles. The third-order valence-electron chi connectivity index (χ3n) is 13.2. The molecule has 11 atom stereocenters. The van der Waals surface area contributed by atoms with Gasteiger partial charge >= 0.3 is 5.97 Å². The monoisotopic (exact) mass is 488 g/mol. The third kappa shape index (κ3) is 3.00. The Hall–Kier alpha value is -0.940. The molecule has 198 valence electrons. The number of carboxylic acid groups (broad SMARTS) is 1. The highest BCUT2D eigenvalue weighted by Crippen LogP contribution is 2.89. The van der Waals surface area contributed by atoms with Crippen LogP contribution in [0.4, 0.5) is 0 Å². The molecule has 5 aliphatic carbocycles. The molecule has 35 heavy (non-hydrogen) atoms. The smallest absolute Gasteiger partial charge is 0.312 e. The van der Waals surface area contributed by atoms with Gasteiger partial charge in [-0.25, -0.2) is 0 Å². The highest BCUT2D eigenvalue weighted by molar-refractivity contribution is 5.78. The number of aliphatic hydroxyl groups excluding tert-OH is 2. The Balaban J connectivity index is 1.44. The molecule has 5 aliphatic rings. The van der Waals surface area contributed by atoms with E-state index in [2.05, 4.69) is 34.6 Å². The SMILES string of the molecule is CC(C)CC(=O)C[C@@H](C)[C@H]1CC[C@@]2(C)[C@@H]3CC[C@H]4[C@](C)(C(=O)O)[C@@H](O)C[C@H](O)[C@@]45C[C@@]35CC[C@]12C. The summed E-state index contributed by atoms with van der Waals surface area (Å²) in [6.45, 7) is 13.3. The van der Waals surface area contributed by atoms with E-state index in [9.17, 15) is 24.9 Å². The van der Waals surface area contributed by atoms with E-state index in [1.54, 1.807) is 6.92 Å². The topological polar surface area (TPSA) is 94.8 Å². The fraction of sp³-hybridized carbons (Fsp3) is 0.933. The largest absolute Gasteiger partial charge is 0.481 e. The van der Waals surface area contributed by atoms with Crippen LogP contribution in [0.25, 0.3) is 0 Å². The number of rotatable bonds is 6. The standard InChI is InChI=1S/C30H48O5/c1-17(2)13-19(31)14-18(3)20-9-10-27(5)21-7-8-22-28(6,25(34)35)23(32)15-24(33)30(22)16-29(21,30)12-11-26(20,27)4/h17-18,20-24,32-33H,7-16H2,1-6H3,(H,34,35)/t18-,20-,21+,22+,23+,24+,26-,27+,28+,29+,30-/m1/s1. The molecule has 5 nitrogen and oxygen atoms in total. The van der Waals surface area contributed by atoms with Crippen LogP contribution >= 0.6 is 0 Å². The molecule has 5 heteroatoms. The number of aliphatic hydroxyl groups is 2. The number of carbonyl (C=O) groups is 2. The van der Waals surface area contributed by atoms with Crippen molar-refractivity contribution >= 4 is 11.8 Å². The van der Waals surface area contributed by atoms with Gasteiger partial charge in [-0.05, 0) is 97.7 Å². The van der Waals surface area contributed by atoms with Crippen LogP contribution in [0.3, 0.4) is 0 Å². The van der Waals surface area contributed by atoms with Crippen molar-refractivity contribution in [3.05, 3.63) is 0 Å². The Labute approximate surface area is 211 Å². The summed E-state index contributed by atoms with van der Waals surface area (Å²) < 4.78 is 0. The Morgan fingerprint density at radius 2 is 1.51 bits per heavy atom. The normalized spacial score (nSPS) is 53.2. The predicted molar refractivity (Wildman–Crippen MR) is 134 cm³/mol. The van der Waals surface area contributed by atoms with E-state index in [1.807, 2.05) is 0 Å². The molecule has 0 radical (unpaired) electrons. The van der Waals surface area contributed by atoms with Gasteiger partial charge in [0.25, 0.3) is 0 Å². The summed E-state index contributed by atoms with van der Waals surface area (Å²) in [5.74, 6) is 1.14. The molecule has 0 amide bonds. The number of carbonyl (C=O) groups excluding carboxylic acids is 1. The Bertz CT molecular complexity index is 914. The molecule has 0 bridgehead atoms. The molecule has 0 aromatic heterocycles. The number of hydrogen-bond donors (Lipinski definition) is 3. The number of ketones is 1. The van der Waals surface area contributed by atoms with Crippen LogP contribution < -0.4 is 0 Å². The van der Waals surface area contributed by atoms with E-state index in [-0.39, 0.29) is 34.0 Å². The average Bonchev–Trinajstić information content (AvgIpc) is 3.36. The van der Waals surface area contributed by atoms with Crippen LogP contribution in [-0.2, 0) is 9.59 Å². The highest BCUT2D eigenvalue weighted by Gasteiger charge is 2.85. The van der Waals surface area contributed by atoms with Crippen LogP contribution in [0.15, 0.2) is 0 Å². The van der Waals surface area contributed by atoms with Crippen LogP contribution in [0.5, 0.6) is 0 Å². The number of aliphatic carboxylic acids is 1. The number of hydrogen-bond acceptors (Lipinski definition) is 4. The second kappa shape index (κ2) is 7.79. The van der Waals surface area contributed by atoms with Crippen LogP contribution in [0, 0.1) is 56.7 Å². The van der Waals surface area contributed by atoms with Crippen molar-refractivity contribution in [1.82, 2.24) is 0 Å². The first kappa shape index (κ1) is 25.7. The van der Waals surface area contributed by atoms with Crippen LogP contribution in [-0.4, -0.2) is 39.3 Å². The Morgan fingerprint density at radius 3 is 2.14 bits per heavy atom. The summed E-state index contributed by atoms with van der Waals surface area (Å²) >= 11 is 0. The van der Waals surface area contributed by atoms with E-state index in [4.69, 9.17) is 0 Å². The highest BCUT2D eigenvalue weighted by atomic mass is 16.4. The second-order valence-corrected chi connectivity index (χ2v) is 14.7. The lowest BCUT2D eigenvalue weighted by Gasteiger charge is -2.63. The van der Waals surface area contributed by atoms with Crippen molar-refractivity contribution in [2.24, 2.45) is 56.7 Å². The van der Waals surface area contributed by atoms with Gasteiger partial charge in [0.2, 0.25) is 0 Å². The van der Waals surface area contributed by atoms with Gasteiger partial charge in [0.1, 0.15) is 5.78 Å². The van der Waals surface area contributed by atoms with Gasteiger partial charge in [0.05, 0.1) is 17.6 Å². The Kier molecular flexibility index (Phi) is 5.72. The number of fused-ring (bicyclic) bond motifs is 2. The summed E-state index contributed by atoms with van der Waals surface area (Å²) in [4.78, 5) is 25.2. The minimum atomic E-state index is -1.18. The minimum Gasteiger partial charge on any atom is -0.481 e. The zero-order valence-corrected chi connectivity index (χ0v) is 22.8. The summed E-state index contributed by atoms with van der Waals surface area (Å²) in [6.07, 6.45) is 7.10. The van der Waals surface area contributed by atoms with Crippen LogP contribution in [0.1, 0.15) is 106 Å². The van der Waals surface area contributed by atoms with Crippen molar-refractivity contribution in [1.29, 1.82) is 0 Å². The zero-order valence-electron chi connectivity index (χ0n) is 22.8. The second-order valence-electron chi connectivity index (χ2n) is 14.7. The summed E-state index contributed by atoms with van der Waals surface area (Å²) in [5, 5.41) is 32.5. The lowest BCUT2D eigenvalue weighted by molar-refractivity contribution is -0.210. The van der Waals surface area contributed by atoms with Crippen molar-refractivity contribution in [3.63, 3.8) is 0 Å². The fourth-order valence-corrected chi connectivity index (χ4v) is 11.4.